The fraction of sp³-hybridized carbons (Fsp3) is 0.0417. The second-order valence-corrected chi connectivity index (χ2v) is 7.06. The number of aryl methyl sites for hydroxylation is 1. The number of hydrogen-bond donors (Lipinski definition) is 0. The van der Waals surface area contributed by atoms with Gasteiger partial charge in [-0.05, 0) is 50.5 Å². The van der Waals surface area contributed by atoms with Crippen molar-refractivity contribution in [2.75, 3.05) is 0 Å². The Balaban J connectivity index is 1.94. The standard InChI is InChI=1S/C24H16N2/c1-26-13-22-21-12-19-16(9-8-15-5-2-3-6-17(15)19)11-20(21)18-7-4-10-25-24(18)23(22)14-26/h2-14H,1H3. The molecule has 0 saturated carbocycles. The lowest BCUT2D eigenvalue weighted by atomic mass is 9.94. The molecule has 4 aromatic carbocycles. The molecule has 6 aromatic rings. The zero-order valence-corrected chi connectivity index (χ0v) is 14.4. The van der Waals surface area contributed by atoms with E-state index in [1.54, 1.807) is 0 Å². The Morgan fingerprint density at radius 3 is 2.35 bits per heavy atom. The van der Waals surface area contributed by atoms with Crippen LogP contribution in [-0.4, -0.2) is 9.55 Å². The van der Waals surface area contributed by atoms with Gasteiger partial charge in [-0.2, -0.15) is 0 Å². The van der Waals surface area contributed by atoms with E-state index in [0.29, 0.717) is 0 Å². The second-order valence-electron chi connectivity index (χ2n) is 7.06. The molecular weight excluding hydrogens is 316 g/mol. The third-order valence-corrected chi connectivity index (χ3v) is 5.48. The molecule has 0 spiro atoms. The van der Waals surface area contributed by atoms with Gasteiger partial charge in [0.1, 0.15) is 0 Å². The second kappa shape index (κ2) is 4.83. The van der Waals surface area contributed by atoms with Gasteiger partial charge in [-0.3, -0.25) is 4.98 Å². The van der Waals surface area contributed by atoms with Crippen molar-refractivity contribution >= 4 is 54.0 Å². The number of nitrogens with zero attached hydrogens (tertiary/aromatic N) is 2. The van der Waals surface area contributed by atoms with Crippen molar-refractivity contribution in [2.24, 2.45) is 7.05 Å². The van der Waals surface area contributed by atoms with Crippen LogP contribution in [0, 0.1) is 0 Å². The lowest BCUT2D eigenvalue weighted by molar-refractivity contribution is 0.934. The van der Waals surface area contributed by atoms with E-state index in [-0.39, 0.29) is 0 Å². The van der Waals surface area contributed by atoms with Gasteiger partial charge in [0, 0.05) is 41.8 Å². The van der Waals surface area contributed by atoms with Crippen LogP contribution in [0.4, 0.5) is 0 Å². The minimum absolute atomic E-state index is 1.08. The minimum Gasteiger partial charge on any atom is -0.356 e. The van der Waals surface area contributed by atoms with Crippen LogP contribution < -0.4 is 0 Å². The summed E-state index contributed by atoms with van der Waals surface area (Å²) in [5.41, 5.74) is 1.08. The maximum atomic E-state index is 4.69. The molecule has 0 amide bonds. The van der Waals surface area contributed by atoms with Crippen molar-refractivity contribution in [1.82, 2.24) is 9.55 Å². The molecule has 0 unspecified atom stereocenters. The number of rotatable bonds is 0. The smallest absolute Gasteiger partial charge is 0.0802 e. The number of pyridine rings is 1. The van der Waals surface area contributed by atoms with E-state index < -0.39 is 0 Å². The van der Waals surface area contributed by atoms with Gasteiger partial charge in [-0.15, -0.1) is 0 Å². The molecule has 6 rings (SSSR count). The number of hydrogen-bond acceptors (Lipinski definition) is 1. The first-order valence-electron chi connectivity index (χ1n) is 8.87. The lowest BCUT2D eigenvalue weighted by Gasteiger charge is -2.10. The van der Waals surface area contributed by atoms with Crippen LogP contribution in [0.2, 0.25) is 0 Å². The third kappa shape index (κ3) is 1.73. The van der Waals surface area contributed by atoms with Crippen molar-refractivity contribution in [3.63, 3.8) is 0 Å². The zero-order valence-electron chi connectivity index (χ0n) is 14.4. The first kappa shape index (κ1) is 13.9. The highest BCUT2D eigenvalue weighted by Gasteiger charge is 2.12. The number of fused-ring (bicyclic) bond motifs is 9. The molecule has 0 bridgehead atoms. The molecule has 2 heterocycles. The predicted octanol–water partition coefficient (Wildman–Crippen LogP) is 6.19. The van der Waals surface area contributed by atoms with Gasteiger partial charge in [0.2, 0.25) is 0 Å². The van der Waals surface area contributed by atoms with E-state index in [0.717, 1.165) is 5.52 Å². The Morgan fingerprint density at radius 1 is 0.615 bits per heavy atom. The summed E-state index contributed by atoms with van der Waals surface area (Å²) in [5, 5.41) is 11.4. The van der Waals surface area contributed by atoms with Crippen molar-refractivity contribution in [1.29, 1.82) is 0 Å². The zero-order chi connectivity index (χ0) is 17.3. The average molecular weight is 332 g/mol. The molecule has 2 heteroatoms. The van der Waals surface area contributed by atoms with Gasteiger partial charge in [0.15, 0.2) is 0 Å². The van der Waals surface area contributed by atoms with E-state index in [1.165, 1.54) is 48.5 Å². The normalized spacial score (nSPS) is 12.0. The van der Waals surface area contributed by atoms with Gasteiger partial charge >= 0.3 is 0 Å². The molecule has 2 aromatic heterocycles. The molecule has 0 aliphatic rings. The monoisotopic (exact) mass is 332 g/mol. The number of aromatic nitrogens is 2. The molecule has 2 nitrogen and oxygen atoms in total. The SMILES string of the molecule is Cn1cc2c3cc4c(ccc5ccccc54)cc3c3cccnc3c2c1. The Bertz CT molecular complexity index is 1490. The van der Waals surface area contributed by atoms with Crippen molar-refractivity contribution in [3.8, 4) is 0 Å². The first-order chi connectivity index (χ1) is 12.8. The molecular formula is C24H16N2. The topological polar surface area (TPSA) is 17.8 Å². The van der Waals surface area contributed by atoms with Gasteiger partial charge in [-0.25, -0.2) is 0 Å². The van der Waals surface area contributed by atoms with Crippen molar-refractivity contribution in [2.45, 2.75) is 0 Å². The average Bonchev–Trinajstić information content (AvgIpc) is 3.09. The van der Waals surface area contributed by atoms with Crippen molar-refractivity contribution in [3.05, 3.63) is 79.3 Å². The minimum atomic E-state index is 1.08. The molecule has 26 heavy (non-hydrogen) atoms. The Hall–Kier alpha value is -3.39. The van der Waals surface area contributed by atoms with E-state index in [9.17, 15) is 0 Å². The summed E-state index contributed by atoms with van der Waals surface area (Å²) in [6, 6.07) is 22.0. The molecule has 0 aliphatic carbocycles. The fourth-order valence-corrected chi connectivity index (χ4v) is 4.32. The summed E-state index contributed by atoms with van der Waals surface area (Å²) in [6.45, 7) is 0. The van der Waals surface area contributed by atoms with Crippen LogP contribution in [0.5, 0.6) is 0 Å². The van der Waals surface area contributed by atoms with E-state index in [4.69, 9.17) is 0 Å². The summed E-state index contributed by atoms with van der Waals surface area (Å²) in [7, 11) is 2.08. The van der Waals surface area contributed by atoms with Gasteiger partial charge in [-0.1, -0.05) is 42.5 Å². The molecule has 0 atom stereocenters. The van der Waals surface area contributed by atoms with Crippen LogP contribution in [0.1, 0.15) is 0 Å². The van der Waals surface area contributed by atoms with Crippen LogP contribution in [-0.2, 0) is 7.05 Å². The van der Waals surface area contributed by atoms with E-state index in [2.05, 4.69) is 83.6 Å². The third-order valence-electron chi connectivity index (χ3n) is 5.48. The summed E-state index contributed by atoms with van der Waals surface area (Å²) in [5.74, 6) is 0. The maximum absolute atomic E-state index is 4.69. The quantitative estimate of drug-likeness (QED) is 0.240. The highest BCUT2D eigenvalue weighted by atomic mass is 14.9. The van der Waals surface area contributed by atoms with Crippen LogP contribution in [0.15, 0.2) is 79.3 Å². The van der Waals surface area contributed by atoms with Gasteiger partial charge in [0.25, 0.3) is 0 Å². The van der Waals surface area contributed by atoms with Crippen LogP contribution >= 0.6 is 0 Å². The summed E-state index contributed by atoms with van der Waals surface area (Å²) < 4.78 is 2.13. The fourth-order valence-electron chi connectivity index (χ4n) is 4.32. The summed E-state index contributed by atoms with van der Waals surface area (Å²) >= 11 is 0. The summed E-state index contributed by atoms with van der Waals surface area (Å²) in [4.78, 5) is 4.69. The van der Waals surface area contributed by atoms with Gasteiger partial charge < -0.3 is 4.57 Å². The van der Waals surface area contributed by atoms with E-state index in [1.807, 2.05) is 12.3 Å². The Labute approximate surface area is 150 Å². The van der Waals surface area contributed by atoms with Crippen LogP contribution in [0.25, 0.3) is 54.0 Å². The highest BCUT2D eigenvalue weighted by Crippen LogP contribution is 2.38. The molecule has 122 valence electrons. The van der Waals surface area contributed by atoms with E-state index >= 15 is 0 Å². The van der Waals surface area contributed by atoms with Crippen LogP contribution in [0.3, 0.4) is 0 Å². The predicted molar refractivity (Wildman–Crippen MR) is 111 cm³/mol. The first-order valence-corrected chi connectivity index (χ1v) is 8.87. The maximum Gasteiger partial charge on any atom is 0.0802 e. The van der Waals surface area contributed by atoms with Gasteiger partial charge in [0.05, 0.1) is 5.52 Å². The lowest BCUT2D eigenvalue weighted by Crippen LogP contribution is -1.85. The van der Waals surface area contributed by atoms with Crippen molar-refractivity contribution < 1.29 is 0 Å². The molecule has 0 aliphatic heterocycles. The highest BCUT2D eigenvalue weighted by molar-refractivity contribution is 6.27. The molecule has 0 fully saturated rings. The Morgan fingerprint density at radius 2 is 1.38 bits per heavy atom. The largest absolute Gasteiger partial charge is 0.356 e. The molecule has 0 saturated heterocycles. The Kier molecular flexibility index (Phi) is 2.57. The summed E-state index contributed by atoms with van der Waals surface area (Å²) in [6.07, 6.45) is 6.27. The number of benzene rings is 4. The molecule has 0 radical (unpaired) electrons. The molecule has 0 N–H and O–H groups in total.